The molecule has 1 atom stereocenters. The molecule has 1 amide bonds. The van der Waals surface area contributed by atoms with Gasteiger partial charge in [-0.25, -0.2) is 9.59 Å². The molecular formula is C31H28F6N2O7. The number of carboxylic acid groups (broad SMARTS) is 1. The molecule has 0 aliphatic heterocycles. The number of benzene rings is 1. The van der Waals surface area contributed by atoms with Crippen molar-refractivity contribution in [3.8, 4) is 17.2 Å². The number of carboxylic acids is 1. The first-order chi connectivity index (χ1) is 21.6. The van der Waals surface area contributed by atoms with Crippen molar-refractivity contribution < 1.29 is 60.0 Å². The summed E-state index contributed by atoms with van der Waals surface area (Å²) < 4.78 is 91.7. The summed E-state index contributed by atoms with van der Waals surface area (Å²) in [4.78, 5) is 37.9. The molecule has 2 aromatic heterocycles. The highest BCUT2D eigenvalue weighted by Crippen LogP contribution is 2.61. The van der Waals surface area contributed by atoms with Gasteiger partial charge in [0.25, 0.3) is 5.91 Å². The molecule has 46 heavy (non-hydrogen) atoms. The Morgan fingerprint density at radius 3 is 2.09 bits per heavy atom. The first-order valence-electron chi connectivity index (χ1n) is 14.5. The summed E-state index contributed by atoms with van der Waals surface area (Å²) in [6, 6.07) is 5.79. The van der Waals surface area contributed by atoms with Crippen molar-refractivity contribution in [2.45, 2.75) is 63.7 Å². The molecule has 3 aromatic rings. The molecule has 4 saturated carbocycles. The molecule has 2 heterocycles. The molecule has 4 aliphatic rings. The van der Waals surface area contributed by atoms with Crippen LogP contribution in [0.25, 0.3) is 5.52 Å². The maximum Gasteiger partial charge on any atom is 0.573 e. The van der Waals surface area contributed by atoms with E-state index in [2.05, 4.69) is 14.8 Å². The third-order valence-electron chi connectivity index (χ3n) is 9.15. The Kier molecular flexibility index (Phi) is 7.83. The Hall–Kier alpha value is -4.43. The van der Waals surface area contributed by atoms with E-state index in [4.69, 9.17) is 4.74 Å². The van der Waals surface area contributed by atoms with Gasteiger partial charge in [0.1, 0.15) is 24.1 Å². The van der Waals surface area contributed by atoms with Gasteiger partial charge in [-0.05, 0) is 80.0 Å². The lowest BCUT2D eigenvalue weighted by Crippen LogP contribution is -2.59. The van der Waals surface area contributed by atoms with Crippen LogP contribution in [0.15, 0.2) is 48.8 Å². The molecule has 2 N–H and O–H groups in total. The molecule has 7 rings (SSSR count). The Morgan fingerprint density at radius 1 is 0.935 bits per heavy atom. The second-order valence-corrected chi connectivity index (χ2v) is 12.4. The number of halogens is 6. The number of carbonyl (C=O) groups excluding carboxylic acids is 2. The predicted octanol–water partition coefficient (Wildman–Crippen LogP) is 6.28. The zero-order valence-corrected chi connectivity index (χ0v) is 24.0. The molecule has 0 radical (unpaired) electrons. The van der Waals surface area contributed by atoms with Crippen molar-refractivity contribution in [3.05, 3.63) is 59.9 Å². The number of alkyl halides is 6. The van der Waals surface area contributed by atoms with Crippen LogP contribution in [-0.4, -0.2) is 45.9 Å². The van der Waals surface area contributed by atoms with Crippen LogP contribution in [0.3, 0.4) is 0 Å². The summed E-state index contributed by atoms with van der Waals surface area (Å²) >= 11 is 0. The van der Waals surface area contributed by atoms with Crippen LogP contribution >= 0.6 is 0 Å². The first kappa shape index (κ1) is 31.5. The van der Waals surface area contributed by atoms with E-state index in [1.54, 1.807) is 0 Å². The van der Waals surface area contributed by atoms with Crippen LogP contribution in [0.2, 0.25) is 0 Å². The summed E-state index contributed by atoms with van der Waals surface area (Å²) in [5, 5.41) is 13.0. The van der Waals surface area contributed by atoms with Crippen LogP contribution in [0.4, 0.5) is 26.3 Å². The average Bonchev–Trinajstić information content (AvgIpc) is 3.35. The van der Waals surface area contributed by atoms with Gasteiger partial charge in [0, 0.05) is 17.7 Å². The van der Waals surface area contributed by atoms with Crippen molar-refractivity contribution in [3.63, 3.8) is 0 Å². The topological polar surface area (TPSA) is 116 Å². The molecule has 15 heteroatoms. The highest BCUT2D eigenvalue weighted by Gasteiger charge is 2.56. The lowest BCUT2D eigenvalue weighted by atomic mass is 9.47. The minimum absolute atomic E-state index is 0.0105. The van der Waals surface area contributed by atoms with E-state index in [9.17, 15) is 45.8 Å². The fraction of sp³-hybridized carbons (Fsp3) is 0.452. The zero-order valence-electron chi connectivity index (χ0n) is 24.0. The number of carbonyl (C=O) groups is 3. The smallest absolute Gasteiger partial charge is 0.486 e. The maximum absolute atomic E-state index is 13.8. The van der Waals surface area contributed by atoms with Crippen molar-refractivity contribution in [2.24, 2.45) is 23.2 Å². The number of esters is 1. The van der Waals surface area contributed by atoms with Crippen LogP contribution in [0.1, 0.15) is 54.4 Å². The third-order valence-corrected chi connectivity index (χ3v) is 9.15. The number of rotatable bonds is 9. The van der Waals surface area contributed by atoms with Crippen LogP contribution in [0, 0.1) is 23.2 Å². The number of hydrogen-bond donors (Lipinski definition) is 2. The van der Waals surface area contributed by atoms with E-state index in [-0.39, 0.29) is 23.4 Å². The number of fused-ring (bicyclic) bond motifs is 1. The lowest BCUT2D eigenvalue weighted by molar-refractivity contribution is -0.274. The number of nitrogens with zero attached hydrogens (tertiary/aromatic N) is 1. The molecule has 4 fully saturated rings. The average molecular weight is 655 g/mol. The Morgan fingerprint density at radius 2 is 1.54 bits per heavy atom. The second-order valence-electron chi connectivity index (χ2n) is 12.4. The molecule has 1 aromatic carbocycles. The number of hydrogen-bond acceptors (Lipinski definition) is 6. The number of amides is 1. The number of nitrogens with one attached hydrogen (secondary N) is 1. The standard InChI is InChI=1S/C31H28F6N2O7/c32-30(33,34)28(43)45-21-10-23-24(44-15-16-1-3-20(4-2-16)46-31(35,36)37)22(5-6-39(23)14-21)26(40)38-25(27(41)42)29-11-17-7-18(12-29)9-19(8-17)13-29/h1-6,10,14,17-19,25H,7-9,11-13,15H2,(H,38,40)(H,41,42)/t17?,18?,19?,25-,29?/m1/s1. The fourth-order valence-corrected chi connectivity index (χ4v) is 7.84. The highest BCUT2D eigenvalue weighted by atomic mass is 19.4. The minimum atomic E-state index is -5.27. The molecule has 0 unspecified atom stereocenters. The largest absolute Gasteiger partial charge is 0.573 e. The van der Waals surface area contributed by atoms with Gasteiger partial charge in [-0.15, -0.1) is 13.2 Å². The second kappa shape index (κ2) is 11.4. The molecule has 246 valence electrons. The SMILES string of the molecule is O=C(N[C@H](C(=O)O)C12CC3CC(CC(C3)C1)C2)c1ccn2cc(OC(=O)C(F)(F)F)cc2c1OCc1ccc(OC(F)(F)F)cc1. The van der Waals surface area contributed by atoms with Gasteiger partial charge >= 0.3 is 24.5 Å². The fourth-order valence-electron chi connectivity index (χ4n) is 7.84. The molecule has 4 bridgehead atoms. The molecule has 0 spiro atoms. The monoisotopic (exact) mass is 654 g/mol. The quantitative estimate of drug-likeness (QED) is 0.206. The number of aromatic nitrogens is 1. The van der Waals surface area contributed by atoms with Gasteiger partial charge < -0.3 is 29.0 Å². The molecular weight excluding hydrogens is 626 g/mol. The number of ether oxygens (including phenoxy) is 3. The van der Waals surface area contributed by atoms with Crippen LogP contribution in [0.5, 0.6) is 17.2 Å². The van der Waals surface area contributed by atoms with E-state index < -0.39 is 53.3 Å². The van der Waals surface area contributed by atoms with E-state index in [1.165, 1.54) is 28.8 Å². The number of aliphatic carboxylic acids is 1. The molecule has 9 nitrogen and oxygen atoms in total. The van der Waals surface area contributed by atoms with Crippen molar-refractivity contribution in [1.82, 2.24) is 9.72 Å². The third kappa shape index (κ3) is 6.44. The normalized spacial score (nSPS) is 24.4. The van der Waals surface area contributed by atoms with Gasteiger partial charge in [0.05, 0.1) is 17.3 Å². The van der Waals surface area contributed by atoms with Crippen LogP contribution in [-0.2, 0) is 16.2 Å². The van der Waals surface area contributed by atoms with Crippen molar-refractivity contribution >= 4 is 23.4 Å². The van der Waals surface area contributed by atoms with E-state index >= 15 is 0 Å². The summed E-state index contributed by atoms with van der Waals surface area (Å²) in [7, 11) is 0. The Balaban J connectivity index is 1.30. The van der Waals surface area contributed by atoms with Gasteiger partial charge in [0.2, 0.25) is 0 Å². The Bertz CT molecular complexity index is 1630. The maximum atomic E-state index is 13.8. The van der Waals surface area contributed by atoms with Gasteiger partial charge in [0.15, 0.2) is 5.75 Å². The van der Waals surface area contributed by atoms with Crippen molar-refractivity contribution in [1.29, 1.82) is 0 Å². The summed E-state index contributed by atoms with van der Waals surface area (Å²) in [5.74, 6) is -4.43. The van der Waals surface area contributed by atoms with Gasteiger partial charge in [-0.1, -0.05) is 12.1 Å². The van der Waals surface area contributed by atoms with E-state index in [0.29, 0.717) is 42.6 Å². The predicted molar refractivity (Wildman–Crippen MR) is 146 cm³/mol. The highest BCUT2D eigenvalue weighted by molar-refractivity contribution is 6.01. The summed E-state index contributed by atoms with van der Waals surface area (Å²) in [6.45, 7) is -0.313. The first-order valence-corrected chi connectivity index (χ1v) is 14.5. The summed E-state index contributed by atoms with van der Waals surface area (Å²) in [5.41, 5.74) is -0.408. The Labute approximate surface area is 257 Å². The van der Waals surface area contributed by atoms with E-state index in [0.717, 1.165) is 43.7 Å². The minimum Gasteiger partial charge on any atom is -0.486 e. The van der Waals surface area contributed by atoms with E-state index in [1.807, 2.05) is 0 Å². The van der Waals surface area contributed by atoms with Crippen molar-refractivity contribution in [2.75, 3.05) is 0 Å². The number of pyridine rings is 1. The molecule has 0 saturated heterocycles. The lowest BCUT2D eigenvalue weighted by Gasteiger charge is -2.58. The van der Waals surface area contributed by atoms with Gasteiger partial charge in [-0.3, -0.25) is 4.79 Å². The zero-order chi connectivity index (χ0) is 33.0. The van der Waals surface area contributed by atoms with Crippen LogP contribution < -0.4 is 19.5 Å². The summed E-state index contributed by atoms with van der Waals surface area (Å²) in [6.07, 6.45) is -2.62. The van der Waals surface area contributed by atoms with Gasteiger partial charge in [-0.2, -0.15) is 13.2 Å². The molecule has 4 aliphatic carbocycles.